The lowest BCUT2D eigenvalue weighted by Gasteiger charge is -2.08. The van der Waals surface area contributed by atoms with E-state index in [1.807, 2.05) is 25.1 Å². The van der Waals surface area contributed by atoms with E-state index in [4.69, 9.17) is 4.74 Å². The van der Waals surface area contributed by atoms with Gasteiger partial charge in [0.05, 0.1) is 19.6 Å². The van der Waals surface area contributed by atoms with Gasteiger partial charge in [-0.05, 0) is 83.5 Å². The van der Waals surface area contributed by atoms with E-state index in [9.17, 15) is 23.5 Å². The van der Waals surface area contributed by atoms with Gasteiger partial charge in [-0.15, -0.1) is 10.1 Å². The molecule has 0 N–H and O–H groups in total. The lowest BCUT2D eigenvalue weighted by atomic mass is 10.0. The van der Waals surface area contributed by atoms with E-state index in [0.29, 0.717) is 24.0 Å². The number of hydrogen-bond donors (Lipinski definition) is 0. The number of rotatable bonds is 10. The third-order valence-electron chi connectivity index (χ3n) is 5.30. The Hall–Kier alpha value is -3.33. The fraction of sp³-hybridized carbons (Fsp3) is 0.292. The van der Waals surface area contributed by atoms with Gasteiger partial charge in [0.1, 0.15) is 5.82 Å². The van der Waals surface area contributed by atoms with Crippen molar-refractivity contribution in [3.8, 4) is 0 Å². The zero-order valence-corrected chi connectivity index (χ0v) is 19.2. The summed E-state index contributed by atoms with van der Waals surface area (Å²) in [5.74, 6) is -0.847. The van der Waals surface area contributed by atoms with Gasteiger partial charge in [0.2, 0.25) is 0 Å². The highest BCUT2D eigenvalue weighted by atomic mass is 32.2. The van der Waals surface area contributed by atoms with Crippen LogP contribution in [0.25, 0.3) is 17.2 Å². The van der Waals surface area contributed by atoms with Gasteiger partial charge in [-0.1, -0.05) is 18.2 Å². The molecule has 33 heavy (non-hydrogen) atoms. The third kappa shape index (κ3) is 6.35. The highest BCUT2D eigenvalue weighted by Crippen LogP contribution is 2.44. The Bertz CT molecular complexity index is 1140. The average Bonchev–Trinajstić information content (AvgIpc) is 3.01. The lowest BCUT2D eigenvalue weighted by Crippen LogP contribution is -2.08. The van der Waals surface area contributed by atoms with Crippen LogP contribution >= 0.6 is 0 Å². The number of nitrogens with zero attached hydrogens (tertiary/aromatic N) is 1. The van der Waals surface area contributed by atoms with Gasteiger partial charge in [-0.3, -0.25) is 9.00 Å². The van der Waals surface area contributed by atoms with E-state index in [-0.39, 0.29) is 19.6 Å². The smallest absolute Gasteiger partial charge is 0.310 e. The molecule has 0 heterocycles. The van der Waals surface area contributed by atoms with E-state index in [1.165, 1.54) is 12.1 Å². The van der Waals surface area contributed by atoms with Gasteiger partial charge < -0.3 is 9.57 Å². The Balaban J connectivity index is 1.76. The summed E-state index contributed by atoms with van der Waals surface area (Å²) in [5.41, 5.74) is 4.82. The van der Waals surface area contributed by atoms with Crippen molar-refractivity contribution in [1.29, 1.82) is 0 Å². The molecule has 1 unspecified atom stereocenters. The molecule has 0 aliphatic heterocycles. The second-order valence-corrected chi connectivity index (χ2v) is 8.92. The van der Waals surface area contributed by atoms with Crippen LogP contribution in [-0.2, 0) is 25.2 Å². The van der Waals surface area contributed by atoms with Gasteiger partial charge >= 0.3 is 5.97 Å². The Morgan fingerprint density at radius 3 is 2.48 bits per heavy atom. The van der Waals surface area contributed by atoms with E-state index in [2.05, 4.69) is 4.84 Å². The van der Waals surface area contributed by atoms with Crippen molar-refractivity contribution in [3.63, 3.8) is 0 Å². The molecule has 0 amide bonds. The Kier molecular flexibility index (Phi) is 8.11. The number of unbranched alkanes of at least 4 members (excludes halogenated alkanes) is 1. The first-order chi connectivity index (χ1) is 15.8. The maximum atomic E-state index is 14.0. The molecule has 0 aromatic heterocycles. The Morgan fingerprint density at radius 1 is 1.12 bits per heavy atom. The number of allylic oxidation sites excluding steroid dienone is 2. The zero-order chi connectivity index (χ0) is 24.0. The summed E-state index contributed by atoms with van der Waals surface area (Å²) < 4.78 is 30.9. The fourth-order valence-electron chi connectivity index (χ4n) is 3.63. The van der Waals surface area contributed by atoms with E-state index >= 15 is 0 Å². The molecule has 0 bridgehead atoms. The molecular formula is C24H24FNO6S. The first kappa shape index (κ1) is 24.3. The second-order valence-electron chi connectivity index (χ2n) is 7.54. The summed E-state index contributed by atoms with van der Waals surface area (Å²) in [6.07, 6.45) is 4.39. The van der Waals surface area contributed by atoms with Crippen molar-refractivity contribution >= 4 is 34.0 Å². The molecule has 174 valence electrons. The monoisotopic (exact) mass is 473 g/mol. The van der Waals surface area contributed by atoms with Crippen molar-refractivity contribution in [2.75, 3.05) is 19.5 Å². The summed E-state index contributed by atoms with van der Waals surface area (Å²) in [7, 11) is -1.07. The molecule has 9 heteroatoms. The van der Waals surface area contributed by atoms with Gasteiger partial charge in [0, 0.05) is 22.0 Å². The molecule has 7 nitrogen and oxygen atoms in total. The van der Waals surface area contributed by atoms with Crippen molar-refractivity contribution in [2.24, 2.45) is 0 Å². The second kappa shape index (κ2) is 11.0. The Labute approximate surface area is 193 Å². The van der Waals surface area contributed by atoms with Gasteiger partial charge in [0.25, 0.3) is 5.09 Å². The molecule has 0 fully saturated rings. The molecule has 1 atom stereocenters. The van der Waals surface area contributed by atoms with Crippen LogP contribution in [0.2, 0.25) is 0 Å². The topological polar surface area (TPSA) is 95.7 Å². The minimum absolute atomic E-state index is 0.0151. The van der Waals surface area contributed by atoms with Gasteiger partial charge in [-0.2, -0.15) is 0 Å². The summed E-state index contributed by atoms with van der Waals surface area (Å²) in [6.45, 7) is 1.96. The molecule has 3 rings (SSSR count). The van der Waals surface area contributed by atoms with Crippen LogP contribution in [0.3, 0.4) is 0 Å². The summed E-state index contributed by atoms with van der Waals surface area (Å²) >= 11 is 0. The van der Waals surface area contributed by atoms with E-state index < -0.39 is 27.7 Å². The van der Waals surface area contributed by atoms with E-state index in [0.717, 1.165) is 27.2 Å². The molecule has 1 aliphatic carbocycles. The molecule has 2 aromatic rings. The lowest BCUT2D eigenvalue weighted by molar-refractivity contribution is -0.757. The number of esters is 1. The third-order valence-corrected chi connectivity index (χ3v) is 6.23. The van der Waals surface area contributed by atoms with Gasteiger partial charge in [0.15, 0.2) is 0 Å². The zero-order valence-electron chi connectivity index (χ0n) is 18.3. The number of hydrogen-bond acceptors (Lipinski definition) is 6. The predicted octanol–water partition coefficient (Wildman–Crippen LogP) is 4.81. The molecule has 0 saturated heterocycles. The van der Waals surface area contributed by atoms with Crippen LogP contribution in [-0.4, -0.2) is 34.7 Å². The quantitative estimate of drug-likeness (QED) is 0.213. The van der Waals surface area contributed by atoms with Crippen molar-refractivity contribution in [1.82, 2.24) is 0 Å². The molecule has 2 aromatic carbocycles. The van der Waals surface area contributed by atoms with Crippen LogP contribution in [0.1, 0.15) is 42.9 Å². The number of carbonyl (C=O) groups is 1. The highest BCUT2D eigenvalue weighted by molar-refractivity contribution is 7.84. The first-order valence-corrected chi connectivity index (χ1v) is 11.9. The van der Waals surface area contributed by atoms with Crippen molar-refractivity contribution in [2.45, 2.75) is 31.1 Å². The minimum atomic E-state index is -1.07. The number of fused-ring (bicyclic) bond motifs is 1. The van der Waals surface area contributed by atoms with Crippen molar-refractivity contribution < 1.29 is 28.1 Å². The van der Waals surface area contributed by atoms with Crippen LogP contribution in [0.4, 0.5) is 4.39 Å². The first-order valence-electron chi connectivity index (χ1n) is 10.3. The maximum Gasteiger partial charge on any atom is 0.310 e. The molecule has 0 radical (unpaired) electrons. The Morgan fingerprint density at radius 2 is 1.82 bits per heavy atom. The molecule has 0 spiro atoms. The highest BCUT2D eigenvalue weighted by Gasteiger charge is 2.26. The number of benzene rings is 2. The van der Waals surface area contributed by atoms with Crippen molar-refractivity contribution in [3.05, 3.63) is 80.7 Å². The largest absolute Gasteiger partial charge is 0.465 e. The standard InChI is InChI=1S/C24H24FNO6S/c1-16-21(13-17-5-8-19(9-6-17)33(2)30)20-10-7-18(25)14-23(20)22(16)15-24(27)31-11-3-4-12-32-26(28)29/h5-10,13-14H,3-4,11-12,15H2,1-2H3/b21-13-. The average molecular weight is 474 g/mol. The SMILES string of the molecule is CC1=C(CC(=O)OCCCCO[N+](=O)[O-])c2cc(F)ccc2/C1=C\c1ccc(S(C)=O)cc1. The molecule has 1 aliphatic rings. The van der Waals surface area contributed by atoms with Crippen LogP contribution < -0.4 is 0 Å². The van der Waals surface area contributed by atoms with Crippen LogP contribution in [0.5, 0.6) is 0 Å². The van der Waals surface area contributed by atoms with Gasteiger partial charge in [-0.25, -0.2) is 4.39 Å². The summed E-state index contributed by atoms with van der Waals surface area (Å²) in [4.78, 5) is 27.5. The molecular weight excluding hydrogens is 449 g/mol. The number of ether oxygens (including phenoxy) is 1. The maximum absolute atomic E-state index is 14.0. The minimum Gasteiger partial charge on any atom is -0.465 e. The molecule has 0 saturated carbocycles. The number of carbonyl (C=O) groups excluding carboxylic acids is 1. The predicted molar refractivity (Wildman–Crippen MR) is 123 cm³/mol. The van der Waals surface area contributed by atoms with E-state index in [1.54, 1.807) is 24.5 Å². The summed E-state index contributed by atoms with van der Waals surface area (Å²) in [6, 6.07) is 11.8. The normalized spacial score (nSPS) is 14.8. The van der Waals surface area contributed by atoms with Crippen LogP contribution in [0, 0.1) is 15.9 Å². The summed E-state index contributed by atoms with van der Waals surface area (Å²) in [5, 5.41) is 9.26. The fourth-order valence-corrected chi connectivity index (χ4v) is 4.15. The van der Waals surface area contributed by atoms with Crippen LogP contribution in [0.15, 0.2) is 52.9 Å². The number of halogens is 1.